The Balaban J connectivity index is 2.24. The minimum Gasteiger partial charge on any atom is -0.311 e. The number of nitrogens with zero attached hydrogens (tertiary/aromatic N) is 1. The highest BCUT2D eigenvalue weighted by Crippen LogP contribution is 2.20. The Morgan fingerprint density at radius 1 is 1.53 bits per heavy atom. The molecule has 0 saturated carbocycles. The van der Waals surface area contributed by atoms with Gasteiger partial charge in [-0.05, 0) is 31.4 Å². The first-order chi connectivity index (χ1) is 7.13. The van der Waals surface area contributed by atoms with Crippen LogP contribution in [0.1, 0.15) is 40.0 Å². The summed E-state index contributed by atoms with van der Waals surface area (Å²) in [5.41, 5.74) is 1.32. The molecule has 0 aromatic heterocycles. The lowest BCUT2D eigenvalue weighted by atomic mass is 10.1. The zero-order valence-electron chi connectivity index (χ0n) is 10.6. The number of likely N-dealkylation sites (tertiary alicyclic amines) is 1. The van der Waals surface area contributed by atoms with E-state index in [-0.39, 0.29) is 0 Å². The fourth-order valence-corrected chi connectivity index (χ4v) is 2.26. The van der Waals surface area contributed by atoms with E-state index >= 15 is 0 Å². The van der Waals surface area contributed by atoms with Gasteiger partial charge in [0.15, 0.2) is 0 Å². The number of rotatable bonds is 6. The molecule has 1 heterocycles. The summed E-state index contributed by atoms with van der Waals surface area (Å²) < 4.78 is 0. The Morgan fingerprint density at radius 3 is 2.87 bits per heavy atom. The average Bonchev–Trinajstić information content (AvgIpc) is 2.62. The van der Waals surface area contributed by atoms with Crippen LogP contribution in [-0.2, 0) is 0 Å². The monoisotopic (exact) mass is 210 g/mol. The minimum atomic E-state index is 0.558. The predicted octanol–water partition coefficient (Wildman–Crippen LogP) is 2.42. The van der Waals surface area contributed by atoms with Crippen LogP contribution in [0.2, 0.25) is 0 Å². The molecule has 2 nitrogen and oxygen atoms in total. The van der Waals surface area contributed by atoms with Gasteiger partial charge in [0.2, 0.25) is 0 Å². The van der Waals surface area contributed by atoms with Gasteiger partial charge >= 0.3 is 0 Å². The largest absolute Gasteiger partial charge is 0.311 e. The fourth-order valence-electron chi connectivity index (χ4n) is 2.26. The van der Waals surface area contributed by atoms with E-state index in [4.69, 9.17) is 0 Å². The first kappa shape index (κ1) is 12.7. The predicted molar refractivity (Wildman–Crippen MR) is 67.2 cm³/mol. The lowest BCUT2D eigenvalue weighted by Gasteiger charge is -2.24. The summed E-state index contributed by atoms with van der Waals surface area (Å²) in [5, 5.41) is 3.43. The molecule has 1 saturated heterocycles. The molecular weight excluding hydrogens is 184 g/mol. The van der Waals surface area contributed by atoms with E-state index in [0.717, 1.165) is 19.1 Å². The number of hydrogen-bond donors (Lipinski definition) is 1. The molecule has 2 heteroatoms. The molecule has 0 aliphatic carbocycles. The Bertz CT molecular complexity index is 199. The highest BCUT2D eigenvalue weighted by molar-refractivity contribution is 5.01. The van der Waals surface area contributed by atoms with Crippen LogP contribution in [0.15, 0.2) is 12.2 Å². The van der Waals surface area contributed by atoms with Crippen molar-refractivity contribution in [3.63, 3.8) is 0 Å². The van der Waals surface area contributed by atoms with Crippen LogP contribution < -0.4 is 5.32 Å². The third-order valence-electron chi connectivity index (χ3n) is 3.16. The average molecular weight is 210 g/mol. The zero-order chi connectivity index (χ0) is 11.3. The third-order valence-corrected chi connectivity index (χ3v) is 3.16. The summed E-state index contributed by atoms with van der Waals surface area (Å²) >= 11 is 0. The van der Waals surface area contributed by atoms with E-state index in [9.17, 15) is 0 Å². The molecule has 1 unspecified atom stereocenters. The smallest absolute Gasteiger partial charge is 0.0205 e. The highest BCUT2D eigenvalue weighted by Gasteiger charge is 2.22. The van der Waals surface area contributed by atoms with Gasteiger partial charge in [0, 0.05) is 25.2 Å². The fraction of sp³-hybridized carbons (Fsp3) is 0.846. The van der Waals surface area contributed by atoms with Gasteiger partial charge < -0.3 is 5.32 Å². The number of hydrogen-bond acceptors (Lipinski definition) is 2. The lowest BCUT2D eigenvalue weighted by molar-refractivity contribution is 0.267. The summed E-state index contributed by atoms with van der Waals surface area (Å²) in [7, 11) is 0. The van der Waals surface area contributed by atoms with Crippen molar-refractivity contribution in [3.8, 4) is 0 Å². The highest BCUT2D eigenvalue weighted by atomic mass is 15.2. The van der Waals surface area contributed by atoms with Gasteiger partial charge in [0.05, 0.1) is 0 Å². The van der Waals surface area contributed by atoms with E-state index in [1.165, 1.54) is 31.4 Å². The lowest BCUT2D eigenvalue weighted by Crippen LogP contribution is -2.34. The van der Waals surface area contributed by atoms with Crippen LogP contribution in [0.4, 0.5) is 0 Å². The van der Waals surface area contributed by atoms with Crippen LogP contribution >= 0.6 is 0 Å². The summed E-state index contributed by atoms with van der Waals surface area (Å²) in [6.07, 6.45) is 4.02. The maximum Gasteiger partial charge on any atom is 0.0205 e. The first-order valence-electron chi connectivity index (χ1n) is 6.27. The van der Waals surface area contributed by atoms with Crippen molar-refractivity contribution in [2.75, 3.05) is 19.6 Å². The van der Waals surface area contributed by atoms with Crippen LogP contribution in [0, 0.1) is 0 Å². The maximum atomic E-state index is 4.15. The van der Waals surface area contributed by atoms with Crippen molar-refractivity contribution in [1.29, 1.82) is 0 Å². The van der Waals surface area contributed by atoms with Crippen molar-refractivity contribution in [2.45, 2.75) is 52.1 Å². The molecule has 1 aliphatic rings. The summed E-state index contributed by atoms with van der Waals surface area (Å²) in [6.45, 7) is 14.1. The Morgan fingerprint density at radius 2 is 2.27 bits per heavy atom. The minimum absolute atomic E-state index is 0.558. The molecule has 88 valence electrons. The molecule has 1 N–H and O–H groups in total. The third kappa shape index (κ3) is 4.35. The summed E-state index contributed by atoms with van der Waals surface area (Å²) in [5.74, 6) is 0. The van der Waals surface area contributed by atoms with Gasteiger partial charge in [-0.25, -0.2) is 0 Å². The van der Waals surface area contributed by atoms with Crippen molar-refractivity contribution >= 4 is 0 Å². The van der Waals surface area contributed by atoms with E-state index < -0.39 is 0 Å². The second kappa shape index (κ2) is 6.29. The maximum absolute atomic E-state index is 4.15. The Kier molecular flexibility index (Phi) is 5.34. The second-order valence-electron chi connectivity index (χ2n) is 4.96. The first-order valence-corrected chi connectivity index (χ1v) is 6.27. The van der Waals surface area contributed by atoms with E-state index in [0.29, 0.717) is 6.04 Å². The van der Waals surface area contributed by atoms with Crippen LogP contribution in [0.25, 0.3) is 0 Å². The van der Waals surface area contributed by atoms with Crippen molar-refractivity contribution in [1.82, 2.24) is 10.2 Å². The molecule has 15 heavy (non-hydrogen) atoms. The number of nitrogens with one attached hydrogen (secondary N) is 1. The Labute approximate surface area is 94.7 Å². The van der Waals surface area contributed by atoms with E-state index in [1.54, 1.807) is 0 Å². The molecule has 0 aromatic rings. The standard InChI is InChI=1S/C13H26N2/c1-5-13-7-6-8-15(13)10-12(4)9-14-11(2)3/h11,13-14H,4-10H2,1-3H3. The molecule has 1 atom stereocenters. The van der Waals surface area contributed by atoms with Crippen LogP contribution in [0.3, 0.4) is 0 Å². The zero-order valence-corrected chi connectivity index (χ0v) is 10.6. The molecule has 1 aliphatic heterocycles. The summed E-state index contributed by atoms with van der Waals surface area (Å²) in [4.78, 5) is 2.59. The quantitative estimate of drug-likeness (QED) is 0.677. The van der Waals surface area contributed by atoms with Crippen molar-refractivity contribution in [2.24, 2.45) is 0 Å². The van der Waals surface area contributed by atoms with Gasteiger partial charge in [-0.2, -0.15) is 0 Å². The van der Waals surface area contributed by atoms with Crippen molar-refractivity contribution < 1.29 is 0 Å². The van der Waals surface area contributed by atoms with Gasteiger partial charge in [0.25, 0.3) is 0 Å². The van der Waals surface area contributed by atoms with Gasteiger partial charge in [-0.15, -0.1) is 0 Å². The van der Waals surface area contributed by atoms with Gasteiger partial charge in [-0.1, -0.05) is 27.4 Å². The second-order valence-corrected chi connectivity index (χ2v) is 4.96. The molecule has 1 fully saturated rings. The van der Waals surface area contributed by atoms with Gasteiger partial charge in [0.1, 0.15) is 0 Å². The molecule has 0 aromatic carbocycles. The molecule has 0 amide bonds. The molecule has 0 spiro atoms. The topological polar surface area (TPSA) is 15.3 Å². The molecule has 0 radical (unpaired) electrons. The van der Waals surface area contributed by atoms with Gasteiger partial charge in [-0.3, -0.25) is 4.90 Å². The SMILES string of the molecule is C=C(CNC(C)C)CN1CCCC1CC. The van der Waals surface area contributed by atoms with Crippen LogP contribution in [0.5, 0.6) is 0 Å². The normalized spacial score (nSPS) is 22.5. The molecular formula is C13H26N2. The van der Waals surface area contributed by atoms with Crippen molar-refractivity contribution in [3.05, 3.63) is 12.2 Å². The Hall–Kier alpha value is -0.340. The van der Waals surface area contributed by atoms with E-state index in [1.807, 2.05) is 0 Å². The van der Waals surface area contributed by atoms with E-state index in [2.05, 4.69) is 37.6 Å². The van der Waals surface area contributed by atoms with Crippen LogP contribution in [-0.4, -0.2) is 36.6 Å². The summed E-state index contributed by atoms with van der Waals surface area (Å²) in [6, 6.07) is 1.36. The molecule has 1 rings (SSSR count). The molecule has 0 bridgehead atoms.